The molecule has 0 radical (unpaired) electrons. The number of hydrogen-bond acceptors (Lipinski definition) is 5. The zero-order valence-corrected chi connectivity index (χ0v) is 6.56. The Morgan fingerprint density at radius 1 is 1.50 bits per heavy atom. The van der Waals surface area contributed by atoms with E-state index >= 15 is 0 Å². The molecule has 64 valence electrons. The fourth-order valence-corrected chi connectivity index (χ4v) is 0.906. The van der Waals surface area contributed by atoms with Crippen LogP contribution in [0.4, 0.5) is 5.69 Å². The maximum Gasteiger partial charge on any atom is 0.494 e. The van der Waals surface area contributed by atoms with E-state index in [4.69, 9.17) is 20.5 Å². The molecule has 4 N–H and O–H groups in total. The van der Waals surface area contributed by atoms with E-state index in [-0.39, 0.29) is 16.9 Å². The first-order valence-electron chi connectivity index (χ1n) is 3.30. The number of rotatable bonds is 2. The van der Waals surface area contributed by atoms with Gasteiger partial charge < -0.3 is 20.5 Å². The number of pyridine rings is 1. The summed E-state index contributed by atoms with van der Waals surface area (Å²) in [5.41, 5.74) is 5.78. The number of hydrogen-bond donors (Lipinski definition) is 3. The van der Waals surface area contributed by atoms with E-state index in [1.807, 2.05) is 0 Å². The topological polar surface area (TPSA) is 88.6 Å². The molecular weight excluding hydrogens is 159 g/mol. The van der Waals surface area contributed by atoms with Gasteiger partial charge in [0.25, 0.3) is 0 Å². The minimum Gasteiger partial charge on any atom is -0.495 e. The molecule has 0 unspecified atom stereocenters. The highest BCUT2D eigenvalue weighted by Gasteiger charge is 2.20. The lowest BCUT2D eigenvalue weighted by Gasteiger charge is -2.08. The van der Waals surface area contributed by atoms with Crippen LogP contribution in [0.3, 0.4) is 0 Å². The van der Waals surface area contributed by atoms with Gasteiger partial charge in [0.15, 0.2) is 0 Å². The molecule has 0 spiro atoms. The van der Waals surface area contributed by atoms with Gasteiger partial charge in [0.1, 0.15) is 5.75 Å². The van der Waals surface area contributed by atoms with Crippen LogP contribution in [0.1, 0.15) is 0 Å². The summed E-state index contributed by atoms with van der Waals surface area (Å²) in [6.07, 6.45) is 2.70. The summed E-state index contributed by atoms with van der Waals surface area (Å²) in [4.78, 5) is 3.73. The largest absolute Gasteiger partial charge is 0.495 e. The first kappa shape index (κ1) is 8.83. The average Bonchev–Trinajstić information content (AvgIpc) is 2.03. The van der Waals surface area contributed by atoms with Crippen molar-refractivity contribution >= 4 is 18.3 Å². The summed E-state index contributed by atoms with van der Waals surface area (Å²) in [6.45, 7) is 0. The molecule has 5 nitrogen and oxygen atoms in total. The third-order valence-electron chi connectivity index (χ3n) is 1.46. The Bertz CT molecular complexity index is 279. The molecule has 0 saturated carbocycles. The lowest BCUT2D eigenvalue weighted by molar-refractivity contribution is 0.402. The van der Waals surface area contributed by atoms with E-state index in [0.29, 0.717) is 0 Å². The van der Waals surface area contributed by atoms with Crippen LogP contribution in [0.5, 0.6) is 5.75 Å². The summed E-state index contributed by atoms with van der Waals surface area (Å²) >= 11 is 0. The van der Waals surface area contributed by atoms with Crippen molar-refractivity contribution in [2.75, 3.05) is 12.8 Å². The Morgan fingerprint density at radius 2 is 2.17 bits per heavy atom. The smallest absolute Gasteiger partial charge is 0.494 e. The second kappa shape index (κ2) is 3.42. The number of ether oxygens (including phenoxy) is 1. The van der Waals surface area contributed by atoms with E-state index in [1.165, 1.54) is 19.5 Å². The quantitative estimate of drug-likeness (QED) is 0.460. The van der Waals surface area contributed by atoms with Crippen LogP contribution in [0.2, 0.25) is 0 Å². The predicted molar refractivity (Wildman–Crippen MR) is 45.0 cm³/mol. The number of nitrogens with zero attached hydrogens (tertiary/aromatic N) is 1. The minimum atomic E-state index is -1.64. The van der Waals surface area contributed by atoms with E-state index in [2.05, 4.69) is 4.98 Å². The molecular formula is C6H9BN2O3. The lowest BCUT2D eigenvalue weighted by Crippen LogP contribution is -2.33. The van der Waals surface area contributed by atoms with Crippen LogP contribution in [-0.4, -0.2) is 29.3 Å². The van der Waals surface area contributed by atoms with Crippen molar-refractivity contribution in [3.63, 3.8) is 0 Å². The number of anilines is 1. The van der Waals surface area contributed by atoms with Crippen molar-refractivity contribution in [3.05, 3.63) is 12.4 Å². The molecule has 0 bridgehead atoms. The zero-order valence-electron chi connectivity index (χ0n) is 6.56. The van der Waals surface area contributed by atoms with E-state index in [9.17, 15) is 0 Å². The second-order valence-corrected chi connectivity index (χ2v) is 2.22. The maximum atomic E-state index is 8.88. The highest BCUT2D eigenvalue weighted by atomic mass is 16.5. The molecule has 6 heteroatoms. The number of methoxy groups -OCH3 is 1. The van der Waals surface area contributed by atoms with E-state index in [1.54, 1.807) is 0 Å². The summed E-state index contributed by atoms with van der Waals surface area (Å²) in [6, 6.07) is 0. The van der Waals surface area contributed by atoms with Gasteiger partial charge in [-0.15, -0.1) is 0 Å². The molecule has 12 heavy (non-hydrogen) atoms. The maximum absolute atomic E-state index is 8.88. The van der Waals surface area contributed by atoms with Gasteiger partial charge in [-0.25, -0.2) is 0 Å². The summed E-state index contributed by atoms with van der Waals surface area (Å²) in [5, 5.41) is 17.8. The highest BCUT2D eigenvalue weighted by molar-refractivity contribution is 6.61. The molecule has 0 aliphatic heterocycles. The molecule has 0 saturated heterocycles. The normalized spacial score (nSPS) is 9.58. The van der Waals surface area contributed by atoms with E-state index < -0.39 is 7.12 Å². The molecule has 0 aliphatic rings. The number of nitrogen functional groups attached to an aromatic ring is 1. The first-order chi connectivity index (χ1) is 5.66. The van der Waals surface area contributed by atoms with Gasteiger partial charge in [-0.3, -0.25) is 4.98 Å². The molecule has 1 heterocycles. The molecule has 1 aromatic heterocycles. The van der Waals surface area contributed by atoms with Gasteiger partial charge >= 0.3 is 7.12 Å². The van der Waals surface area contributed by atoms with Crippen LogP contribution in [0.25, 0.3) is 0 Å². The van der Waals surface area contributed by atoms with Crippen molar-refractivity contribution in [1.82, 2.24) is 4.98 Å². The fourth-order valence-electron chi connectivity index (χ4n) is 0.906. The van der Waals surface area contributed by atoms with Gasteiger partial charge in [0.2, 0.25) is 0 Å². The van der Waals surface area contributed by atoms with Gasteiger partial charge in [0, 0.05) is 6.20 Å². The van der Waals surface area contributed by atoms with Crippen molar-refractivity contribution < 1.29 is 14.8 Å². The Kier molecular flexibility index (Phi) is 2.52. The Hall–Kier alpha value is -1.27. The van der Waals surface area contributed by atoms with Crippen LogP contribution < -0.4 is 15.9 Å². The molecule has 1 rings (SSSR count). The third-order valence-corrected chi connectivity index (χ3v) is 1.46. The monoisotopic (exact) mass is 168 g/mol. The zero-order chi connectivity index (χ0) is 9.14. The molecule has 0 fully saturated rings. The summed E-state index contributed by atoms with van der Waals surface area (Å²) in [7, 11) is -0.231. The standard InChI is InChI=1S/C6H9BN2O3/c1-12-5-3-9-2-4(8)6(5)7(10)11/h2-3,10-11H,8H2,1H3. The Balaban J connectivity index is 3.20. The van der Waals surface area contributed by atoms with Gasteiger partial charge in [-0.2, -0.15) is 0 Å². The Morgan fingerprint density at radius 3 is 2.58 bits per heavy atom. The van der Waals surface area contributed by atoms with Crippen LogP contribution in [-0.2, 0) is 0 Å². The van der Waals surface area contributed by atoms with Crippen LogP contribution in [0.15, 0.2) is 12.4 Å². The van der Waals surface area contributed by atoms with Crippen LogP contribution >= 0.6 is 0 Å². The van der Waals surface area contributed by atoms with Crippen molar-refractivity contribution in [2.45, 2.75) is 0 Å². The summed E-state index contributed by atoms with van der Waals surface area (Å²) in [5.74, 6) is 0.269. The van der Waals surface area contributed by atoms with Gasteiger partial charge in [-0.1, -0.05) is 0 Å². The van der Waals surface area contributed by atoms with Gasteiger partial charge in [-0.05, 0) is 0 Å². The van der Waals surface area contributed by atoms with Crippen molar-refractivity contribution in [3.8, 4) is 5.75 Å². The summed E-state index contributed by atoms with van der Waals surface area (Å²) < 4.78 is 4.82. The predicted octanol–water partition coefficient (Wildman–Crippen LogP) is -1.65. The molecule has 1 aromatic rings. The molecule has 0 atom stereocenters. The second-order valence-electron chi connectivity index (χ2n) is 2.22. The molecule has 0 aliphatic carbocycles. The van der Waals surface area contributed by atoms with Crippen molar-refractivity contribution in [2.24, 2.45) is 0 Å². The Labute approximate surface area is 70.0 Å². The minimum absolute atomic E-state index is 0.146. The number of nitrogens with two attached hydrogens (primary N) is 1. The van der Waals surface area contributed by atoms with Gasteiger partial charge in [0.05, 0.1) is 24.5 Å². The van der Waals surface area contributed by atoms with Crippen LogP contribution in [0, 0.1) is 0 Å². The SMILES string of the molecule is COc1cncc(N)c1B(O)O. The average molecular weight is 168 g/mol. The third kappa shape index (κ3) is 1.49. The molecule has 0 amide bonds. The fraction of sp³-hybridized carbons (Fsp3) is 0.167. The highest BCUT2D eigenvalue weighted by Crippen LogP contribution is 2.08. The van der Waals surface area contributed by atoms with E-state index in [0.717, 1.165) is 0 Å². The lowest BCUT2D eigenvalue weighted by atomic mass is 9.79. The first-order valence-corrected chi connectivity index (χ1v) is 3.30. The van der Waals surface area contributed by atoms with Crippen molar-refractivity contribution in [1.29, 1.82) is 0 Å². The molecule has 0 aromatic carbocycles. The number of aromatic nitrogens is 1.